The monoisotopic (exact) mass is 480 g/mol. The van der Waals surface area contributed by atoms with E-state index in [0.717, 1.165) is 57.2 Å². The Morgan fingerprint density at radius 3 is 2.64 bits per heavy atom. The normalized spacial score (nSPS) is 17.7. The number of sulfonamides is 1. The minimum Gasteiger partial charge on any atom is -0.377 e. The number of aliphatic imine (C=N–C) groups is 1. The van der Waals surface area contributed by atoms with Crippen molar-refractivity contribution in [2.24, 2.45) is 10.9 Å². The molecule has 0 saturated heterocycles. The molecule has 0 amide bonds. The lowest BCUT2D eigenvalue weighted by Gasteiger charge is -2.25. The molecular weight excluding hydrogens is 440 g/mol. The van der Waals surface area contributed by atoms with Gasteiger partial charge in [-0.1, -0.05) is 43.0 Å². The van der Waals surface area contributed by atoms with Crippen LogP contribution >= 0.6 is 0 Å². The molecule has 1 heterocycles. The van der Waals surface area contributed by atoms with Gasteiger partial charge in [0.1, 0.15) is 0 Å². The Morgan fingerprint density at radius 2 is 1.97 bits per heavy atom. The summed E-state index contributed by atoms with van der Waals surface area (Å²) in [5.41, 5.74) is 0.913. The van der Waals surface area contributed by atoms with Gasteiger partial charge in [-0.3, -0.25) is 15.1 Å². The van der Waals surface area contributed by atoms with Crippen LogP contribution in [0.15, 0.2) is 29.0 Å². The van der Waals surface area contributed by atoms with E-state index in [4.69, 9.17) is 10.1 Å². The first-order valence-corrected chi connectivity index (χ1v) is 13.9. The predicted molar refractivity (Wildman–Crippen MR) is 131 cm³/mol. The van der Waals surface area contributed by atoms with E-state index >= 15 is 0 Å². The quantitative estimate of drug-likeness (QED) is 0.104. The van der Waals surface area contributed by atoms with Crippen LogP contribution in [0.25, 0.3) is 0 Å². The van der Waals surface area contributed by atoms with Gasteiger partial charge >= 0.3 is 0 Å². The van der Waals surface area contributed by atoms with Gasteiger partial charge in [0.25, 0.3) is 0 Å². The molecule has 2 aliphatic rings. The highest BCUT2D eigenvalue weighted by Gasteiger charge is 2.20. The number of guanidine groups is 1. The Balaban J connectivity index is 1.61. The van der Waals surface area contributed by atoms with Gasteiger partial charge in [-0.15, -0.1) is 0 Å². The number of unbranched alkanes of at least 4 members (excludes halogenated alkanes) is 4. The van der Waals surface area contributed by atoms with Crippen LogP contribution in [0, 0.1) is 17.4 Å². The molecule has 0 bridgehead atoms. The van der Waals surface area contributed by atoms with E-state index in [0.29, 0.717) is 31.6 Å². The number of rotatable bonds is 13. The molecule has 2 rings (SSSR count). The first-order chi connectivity index (χ1) is 15.9. The van der Waals surface area contributed by atoms with E-state index in [1.165, 1.54) is 30.0 Å². The number of nitrogens with zero attached hydrogens (tertiary/aromatic N) is 4. The fourth-order valence-corrected chi connectivity index (χ4v) is 4.63. The second-order valence-electron chi connectivity index (χ2n) is 8.86. The van der Waals surface area contributed by atoms with Crippen LogP contribution in [0.3, 0.4) is 0 Å². The van der Waals surface area contributed by atoms with Gasteiger partial charge in [-0.05, 0) is 43.8 Å². The second-order valence-corrected chi connectivity index (χ2v) is 10.7. The average molecular weight is 481 g/mol. The van der Waals surface area contributed by atoms with Crippen LogP contribution in [0.1, 0.15) is 64.2 Å². The van der Waals surface area contributed by atoms with Crippen LogP contribution < -0.4 is 10.6 Å². The van der Waals surface area contributed by atoms with Gasteiger partial charge in [0.2, 0.25) is 16.0 Å². The standard InChI is InChI=1S/C23H40N6O3S/c1-28-17-13-22(14-18-28)27-23(26-20-24)25-15-9-4-3-5-10-16-29(33(2,30)31)32-19-21-11-7-6-8-12-21/h13-14,17,21H,3-12,15-16,18-19H2,1-2H3,(H2,25,26,27). The molecule has 2 N–H and O–H groups in total. The average Bonchev–Trinajstić information content (AvgIpc) is 2.79. The first-order valence-electron chi connectivity index (χ1n) is 12.0. The van der Waals surface area contributed by atoms with Crippen LogP contribution in [0.4, 0.5) is 0 Å². The van der Waals surface area contributed by atoms with Gasteiger partial charge in [-0.25, -0.2) is 8.42 Å². The molecule has 1 aliphatic carbocycles. The van der Waals surface area contributed by atoms with Crippen LogP contribution in [0.5, 0.6) is 0 Å². The zero-order valence-electron chi connectivity index (χ0n) is 20.1. The summed E-state index contributed by atoms with van der Waals surface area (Å²) in [6.07, 6.45) is 19.7. The van der Waals surface area contributed by atoms with Crippen molar-refractivity contribution in [2.45, 2.75) is 64.2 Å². The van der Waals surface area contributed by atoms with Gasteiger partial charge < -0.3 is 10.2 Å². The Morgan fingerprint density at radius 1 is 1.24 bits per heavy atom. The third-order valence-corrected chi connectivity index (χ3v) is 6.89. The Labute approximate surface area is 199 Å². The number of nitriles is 1. The Bertz CT molecular complexity index is 813. The molecule has 33 heavy (non-hydrogen) atoms. The zero-order valence-corrected chi connectivity index (χ0v) is 20.9. The lowest BCUT2D eigenvalue weighted by atomic mass is 9.90. The highest BCUT2D eigenvalue weighted by atomic mass is 32.2. The minimum absolute atomic E-state index is 0.404. The maximum Gasteiger partial charge on any atom is 0.233 e. The third kappa shape index (κ3) is 11.6. The minimum atomic E-state index is -3.36. The summed E-state index contributed by atoms with van der Waals surface area (Å²) < 4.78 is 25.2. The molecule has 0 unspecified atom stereocenters. The van der Waals surface area contributed by atoms with Crippen LogP contribution in [-0.2, 0) is 14.9 Å². The molecule has 0 radical (unpaired) electrons. The Kier molecular flexibility index (Phi) is 12.3. The zero-order chi connectivity index (χ0) is 23.9. The topological polar surface area (TPSA) is 110 Å². The summed E-state index contributed by atoms with van der Waals surface area (Å²) in [7, 11) is -1.36. The molecule has 1 fully saturated rings. The summed E-state index contributed by atoms with van der Waals surface area (Å²) in [5.74, 6) is 0.932. The fraction of sp³-hybridized carbons (Fsp3) is 0.739. The lowest BCUT2D eigenvalue weighted by molar-refractivity contribution is -0.102. The molecule has 0 aromatic heterocycles. The summed E-state index contributed by atoms with van der Waals surface area (Å²) in [5, 5.41) is 14.7. The summed E-state index contributed by atoms with van der Waals surface area (Å²) in [4.78, 5) is 12.2. The molecule has 10 heteroatoms. The predicted octanol–water partition coefficient (Wildman–Crippen LogP) is 3.07. The molecule has 0 atom stereocenters. The smallest absolute Gasteiger partial charge is 0.233 e. The number of hydroxylamine groups is 1. The van der Waals surface area contributed by atoms with Crippen molar-refractivity contribution >= 4 is 16.0 Å². The van der Waals surface area contributed by atoms with Gasteiger partial charge in [0.05, 0.1) is 12.9 Å². The van der Waals surface area contributed by atoms with Crippen LogP contribution in [0.2, 0.25) is 0 Å². The third-order valence-electron chi connectivity index (χ3n) is 5.86. The largest absolute Gasteiger partial charge is 0.377 e. The second kappa shape index (κ2) is 14.9. The van der Waals surface area contributed by atoms with Crippen molar-refractivity contribution in [2.75, 3.05) is 39.5 Å². The van der Waals surface area contributed by atoms with Crippen molar-refractivity contribution in [3.05, 3.63) is 24.0 Å². The number of hydrogen-bond donors (Lipinski definition) is 2. The van der Waals surface area contributed by atoms with E-state index in [9.17, 15) is 8.42 Å². The molecule has 0 spiro atoms. The summed E-state index contributed by atoms with van der Waals surface area (Å²) in [6, 6.07) is 0. The molecule has 0 aromatic carbocycles. The highest BCUT2D eigenvalue weighted by molar-refractivity contribution is 7.88. The molecule has 1 aliphatic heterocycles. The molecule has 0 aromatic rings. The van der Waals surface area contributed by atoms with E-state index in [1.54, 1.807) is 0 Å². The maximum absolute atomic E-state index is 12.0. The van der Waals surface area contributed by atoms with Crippen molar-refractivity contribution in [3.63, 3.8) is 0 Å². The van der Waals surface area contributed by atoms with E-state index < -0.39 is 10.0 Å². The Hall–Kier alpha value is -2.09. The number of likely N-dealkylation sites (N-methyl/N-ethyl adjacent to an activating group) is 1. The summed E-state index contributed by atoms with van der Waals surface area (Å²) >= 11 is 0. The number of hydrogen-bond acceptors (Lipinski definition) is 6. The summed E-state index contributed by atoms with van der Waals surface area (Å²) in [6.45, 7) is 2.33. The van der Waals surface area contributed by atoms with Crippen molar-refractivity contribution in [3.8, 4) is 6.19 Å². The van der Waals surface area contributed by atoms with Crippen molar-refractivity contribution < 1.29 is 13.3 Å². The van der Waals surface area contributed by atoms with E-state index in [1.807, 2.05) is 31.6 Å². The van der Waals surface area contributed by atoms with Crippen molar-refractivity contribution in [1.29, 1.82) is 5.26 Å². The number of nitrogens with one attached hydrogen (secondary N) is 2. The van der Waals surface area contributed by atoms with Gasteiger partial charge in [0, 0.05) is 38.6 Å². The fourth-order valence-electron chi connectivity index (χ4n) is 3.91. The van der Waals surface area contributed by atoms with E-state index in [-0.39, 0.29) is 0 Å². The molecule has 186 valence electrons. The molecular formula is C23H40N6O3S. The van der Waals surface area contributed by atoms with E-state index in [2.05, 4.69) is 20.5 Å². The molecule has 1 saturated carbocycles. The lowest BCUT2D eigenvalue weighted by Crippen LogP contribution is -2.35. The van der Waals surface area contributed by atoms with Gasteiger partial charge in [0.15, 0.2) is 6.19 Å². The molecule has 9 nitrogen and oxygen atoms in total. The first kappa shape index (κ1) is 27.2. The highest BCUT2D eigenvalue weighted by Crippen LogP contribution is 2.24. The maximum atomic E-state index is 12.0. The van der Waals surface area contributed by atoms with Gasteiger partial charge in [-0.2, -0.15) is 5.26 Å². The van der Waals surface area contributed by atoms with Crippen molar-refractivity contribution in [1.82, 2.24) is 20.0 Å². The SMILES string of the molecule is CN1C=CC(NC(=NCCCCCCCN(OCC2CCCCC2)S(C)(=O)=O)NC#N)=CC1. The number of allylic oxidation sites excluding steroid dienone is 1. The van der Waals surface area contributed by atoms with Crippen LogP contribution in [-0.4, -0.2) is 63.3 Å².